The van der Waals surface area contributed by atoms with Crippen LogP contribution in [0.15, 0.2) is 34.6 Å². The van der Waals surface area contributed by atoms with Crippen LogP contribution < -0.4 is 0 Å². The molecule has 0 aliphatic carbocycles. The molecular formula is C11H9BrN2O2S. The SMILES string of the molecule is C=CCn1nc(C(=O)O)cc1-c1ccc(Br)s1. The van der Waals surface area contributed by atoms with Crippen LogP contribution in [0.3, 0.4) is 0 Å². The van der Waals surface area contributed by atoms with Crippen molar-refractivity contribution in [3.8, 4) is 10.6 Å². The van der Waals surface area contributed by atoms with Crippen molar-refractivity contribution in [3.63, 3.8) is 0 Å². The van der Waals surface area contributed by atoms with E-state index in [1.165, 1.54) is 11.3 Å². The van der Waals surface area contributed by atoms with Crippen molar-refractivity contribution in [2.24, 2.45) is 0 Å². The standard InChI is InChI=1S/C11H9BrN2O2S/c1-2-5-14-8(6-7(13-14)11(15)16)9-3-4-10(12)17-9/h2-4,6H,1,5H2,(H,15,16). The van der Waals surface area contributed by atoms with E-state index in [-0.39, 0.29) is 5.69 Å². The zero-order chi connectivity index (χ0) is 12.4. The molecule has 0 amide bonds. The Bertz CT molecular complexity index is 574. The summed E-state index contributed by atoms with van der Waals surface area (Å²) in [6.07, 6.45) is 1.69. The Balaban J connectivity index is 2.50. The lowest BCUT2D eigenvalue weighted by Crippen LogP contribution is -2.02. The largest absolute Gasteiger partial charge is 0.476 e. The molecule has 0 aromatic carbocycles. The summed E-state index contributed by atoms with van der Waals surface area (Å²) in [7, 11) is 0. The fourth-order valence-corrected chi connectivity index (χ4v) is 2.84. The number of carboxylic acids is 1. The van der Waals surface area contributed by atoms with E-state index in [0.29, 0.717) is 6.54 Å². The van der Waals surface area contributed by atoms with Gasteiger partial charge in [-0.25, -0.2) is 4.79 Å². The molecule has 0 unspecified atom stereocenters. The maximum Gasteiger partial charge on any atom is 0.356 e. The van der Waals surface area contributed by atoms with Crippen LogP contribution in [0.2, 0.25) is 0 Å². The second-order valence-corrected chi connectivity index (χ2v) is 5.76. The molecule has 6 heteroatoms. The van der Waals surface area contributed by atoms with Gasteiger partial charge in [0.25, 0.3) is 0 Å². The molecule has 88 valence electrons. The molecule has 0 aliphatic heterocycles. The molecule has 0 radical (unpaired) electrons. The van der Waals surface area contributed by atoms with Gasteiger partial charge in [-0.05, 0) is 34.1 Å². The Morgan fingerprint density at radius 2 is 2.41 bits per heavy atom. The second kappa shape index (κ2) is 4.85. The van der Waals surface area contributed by atoms with Crippen LogP contribution in [-0.2, 0) is 6.54 Å². The van der Waals surface area contributed by atoms with Gasteiger partial charge in [-0.15, -0.1) is 17.9 Å². The average Bonchev–Trinajstić information content (AvgIpc) is 2.85. The Morgan fingerprint density at radius 3 is 2.94 bits per heavy atom. The summed E-state index contributed by atoms with van der Waals surface area (Å²) in [5.41, 5.74) is 0.837. The van der Waals surface area contributed by atoms with E-state index in [4.69, 9.17) is 5.11 Å². The van der Waals surface area contributed by atoms with Crippen molar-refractivity contribution in [1.29, 1.82) is 0 Å². The Hall–Kier alpha value is -1.40. The van der Waals surface area contributed by atoms with Crippen molar-refractivity contribution in [2.45, 2.75) is 6.54 Å². The molecule has 1 N–H and O–H groups in total. The fraction of sp³-hybridized carbons (Fsp3) is 0.0909. The van der Waals surface area contributed by atoms with Gasteiger partial charge in [0, 0.05) is 0 Å². The van der Waals surface area contributed by atoms with Crippen LogP contribution in [0.4, 0.5) is 0 Å². The van der Waals surface area contributed by atoms with E-state index in [1.807, 2.05) is 12.1 Å². The van der Waals surface area contributed by atoms with Crippen LogP contribution in [-0.4, -0.2) is 20.9 Å². The molecule has 0 atom stereocenters. The summed E-state index contributed by atoms with van der Waals surface area (Å²) in [6, 6.07) is 5.42. The van der Waals surface area contributed by atoms with E-state index in [2.05, 4.69) is 27.6 Å². The van der Waals surface area contributed by atoms with Crippen LogP contribution in [0.25, 0.3) is 10.6 Å². The Morgan fingerprint density at radius 1 is 1.65 bits per heavy atom. The fourth-order valence-electron chi connectivity index (χ4n) is 1.43. The molecule has 0 bridgehead atoms. The van der Waals surface area contributed by atoms with Crippen molar-refractivity contribution in [2.75, 3.05) is 0 Å². The summed E-state index contributed by atoms with van der Waals surface area (Å²) in [6.45, 7) is 4.12. The molecule has 17 heavy (non-hydrogen) atoms. The third-order valence-corrected chi connectivity index (χ3v) is 3.77. The van der Waals surface area contributed by atoms with E-state index in [1.54, 1.807) is 16.8 Å². The molecule has 4 nitrogen and oxygen atoms in total. The van der Waals surface area contributed by atoms with Crippen molar-refractivity contribution < 1.29 is 9.90 Å². The number of halogens is 1. The molecule has 2 heterocycles. The topological polar surface area (TPSA) is 55.1 Å². The number of hydrogen-bond donors (Lipinski definition) is 1. The zero-order valence-corrected chi connectivity index (χ0v) is 11.2. The number of aromatic carboxylic acids is 1. The highest BCUT2D eigenvalue weighted by Gasteiger charge is 2.15. The molecule has 2 rings (SSSR count). The smallest absolute Gasteiger partial charge is 0.356 e. The maximum absolute atomic E-state index is 10.9. The highest BCUT2D eigenvalue weighted by Crippen LogP contribution is 2.31. The number of aromatic nitrogens is 2. The minimum absolute atomic E-state index is 0.0476. The van der Waals surface area contributed by atoms with Crippen molar-refractivity contribution in [1.82, 2.24) is 9.78 Å². The summed E-state index contributed by atoms with van der Waals surface area (Å²) < 4.78 is 2.63. The Kier molecular flexibility index (Phi) is 3.44. The average molecular weight is 313 g/mol. The first-order valence-corrected chi connectivity index (χ1v) is 6.40. The normalized spacial score (nSPS) is 10.4. The first-order chi connectivity index (χ1) is 8.11. The Labute approximate surface area is 110 Å². The summed E-state index contributed by atoms with van der Waals surface area (Å²) >= 11 is 4.92. The minimum Gasteiger partial charge on any atom is -0.476 e. The van der Waals surface area contributed by atoms with E-state index < -0.39 is 5.97 Å². The number of hydrogen-bond acceptors (Lipinski definition) is 3. The lowest BCUT2D eigenvalue weighted by molar-refractivity contribution is 0.0689. The van der Waals surface area contributed by atoms with Gasteiger partial charge in [0.2, 0.25) is 0 Å². The zero-order valence-electron chi connectivity index (χ0n) is 8.76. The first kappa shape index (κ1) is 12.1. The molecule has 0 aliphatic rings. The summed E-state index contributed by atoms with van der Waals surface area (Å²) in [5.74, 6) is -1.02. The highest BCUT2D eigenvalue weighted by atomic mass is 79.9. The van der Waals surface area contributed by atoms with Crippen LogP contribution in [0, 0.1) is 0 Å². The molecule has 0 saturated carbocycles. The number of rotatable bonds is 4. The van der Waals surface area contributed by atoms with Gasteiger partial charge < -0.3 is 5.11 Å². The molecule has 0 spiro atoms. The van der Waals surface area contributed by atoms with Gasteiger partial charge in [-0.2, -0.15) is 5.10 Å². The first-order valence-electron chi connectivity index (χ1n) is 4.79. The maximum atomic E-state index is 10.9. The molecule has 0 saturated heterocycles. The van der Waals surface area contributed by atoms with Gasteiger partial charge >= 0.3 is 5.97 Å². The van der Waals surface area contributed by atoms with Gasteiger partial charge in [-0.1, -0.05) is 6.08 Å². The van der Waals surface area contributed by atoms with Gasteiger partial charge in [0.15, 0.2) is 5.69 Å². The number of carboxylic acid groups (broad SMARTS) is 1. The number of carbonyl (C=O) groups is 1. The molecule has 0 fully saturated rings. The summed E-state index contributed by atoms with van der Waals surface area (Å²) in [5, 5.41) is 13.0. The summed E-state index contributed by atoms with van der Waals surface area (Å²) in [4.78, 5) is 11.9. The van der Waals surface area contributed by atoms with Crippen LogP contribution in [0.1, 0.15) is 10.5 Å². The van der Waals surface area contributed by atoms with Gasteiger partial charge in [0.1, 0.15) is 0 Å². The quantitative estimate of drug-likeness (QED) is 0.882. The lowest BCUT2D eigenvalue weighted by atomic mass is 10.3. The molecular weight excluding hydrogens is 304 g/mol. The number of thiophene rings is 1. The molecule has 2 aromatic heterocycles. The third-order valence-electron chi connectivity index (χ3n) is 2.13. The van der Waals surface area contributed by atoms with E-state index in [9.17, 15) is 4.79 Å². The predicted molar refractivity (Wildman–Crippen MR) is 70.4 cm³/mol. The van der Waals surface area contributed by atoms with Gasteiger partial charge in [0.05, 0.1) is 20.9 Å². The number of allylic oxidation sites excluding steroid dienone is 1. The van der Waals surface area contributed by atoms with E-state index >= 15 is 0 Å². The van der Waals surface area contributed by atoms with Crippen LogP contribution in [0.5, 0.6) is 0 Å². The second-order valence-electron chi connectivity index (χ2n) is 3.29. The predicted octanol–water partition coefficient (Wildman–Crippen LogP) is 3.26. The third kappa shape index (κ3) is 2.48. The van der Waals surface area contributed by atoms with Crippen molar-refractivity contribution >= 4 is 33.2 Å². The monoisotopic (exact) mass is 312 g/mol. The number of nitrogens with zero attached hydrogens (tertiary/aromatic N) is 2. The van der Waals surface area contributed by atoms with Crippen LogP contribution >= 0.6 is 27.3 Å². The van der Waals surface area contributed by atoms with Gasteiger partial charge in [-0.3, -0.25) is 4.68 Å². The van der Waals surface area contributed by atoms with E-state index in [0.717, 1.165) is 14.4 Å². The van der Waals surface area contributed by atoms with Crippen molar-refractivity contribution in [3.05, 3.63) is 40.3 Å². The lowest BCUT2D eigenvalue weighted by Gasteiger charge is -2.01. The molecule has 2 aromatic rings. The highest BCUT2D eigenvalue weighted by molar-refractivity contribution is 9.11. The minimum atomic E-state index is -1.02.